The van der Waals surface area contributed by atoms with Crippen LogP contribution in [0.15, 0.2) is 18.5 Å². The Balaban J connectivity index is 2.96. The van der Waals surface area contributed by atoms with E-state index in [2.05, 4.69) is 19.8 Å². The second-order valence-corrected chi connectivity index (χ2v) is 2.53. The molecule has 6 heteroatoms. The summed E-state index contributed by atoms with van der Waals surface area (Å²) in [5.74, 6) is -0.575. The van der Waals surface area contributed by atoms with Gasteiger partial charge in [0.25, 0.3) is 0 Å². The van der Waals surface area contributed by atoms with Crippen LogP contribution in [0.4, 0.5) is 10.5 Å². The number of pyridine rings is 1. The zero-order valence-corrected chi connectivity index (χ0v) is 8.31. The van der Waals surface area contributed by atoms with Crippen LogP contribution in [0.5, 0.6) is 0 Å². The lowest BCUT2D eigenvalue weighted by atomic mass is 10.2. The quantitative estimate of drug-likeness (QED) is 0.738. The van der Waals surface area contributed by atoms with Gasteiger partial charge in [-0.25, -0.2) is 9.59 Å². The highest BCUT2D eigenvalue weighted by Crippen LogP contribution is 2.14. The first-order valence-electron chi connectivity index (χ1n) is 4.06. The van der Waals surface area contributed by atoms with Gasteiger partial charge < -0.3 is 9.47 Å². The van der Waals surface area contributed by atoms with E-state index in [0.717, 1.165) is 0 Å². The highest BCUT2D eigenvalue weighted by Gasteiger charge is 2.13. The summed E-state index contributed by atoms with van der Waals surface area (Å²) in [6, 6.07) is 1.48. The zero-order chi connectivity index (χ0) is 11.3. The lowest BCUT2D eigenvalue weighted by molar-refractivity contribution is 0.0601. The van der Waals surface area contributed by atoms with Gasteiger partial charge in [0.1, 0.15) is 5.56 Å². The SMILES string of the molecule is COC(=O)Nc1ccncc1C(=O)OC. The van der Waals surface area contributed by atoms with Crippen molar-refractivity contribution in [3.05, 3.63) is 24.0 Å². The fourth-order valence-electron chi connectivity index (χ4n) is 0.937. The van der Waals surface area contributed by atoms with E-state index < -0.39 is 12.1 Å². The molecule has 1 amide bonds. The molecular weight excluding hydrogens is 200 g/mol. The Morgan fingerprint density at radius 3 is 2.67 bits per heavy atom. The largest absolute Gasteiger partial charge is 0.465 e. The molecular formula is C9H10N2O4. The molecule has 1 aromatic rings. The van der Waals surface area contributed by atoms with Gasteiger partial charge in [-0.2, -0.15) is 0 Å². The minimum atomic E-state index is -0.661. The van der Waals surface area contributed by atoms with Crippen LogP contribution < -0.4 is 5.32 Å². The molecule has 1 heterocycles. The molecule has 0 aromatic carbocycles. The summed E-state index contributed by atoms with van der Waals surface area (Å²) < 4.78 is 8.92. The minimum absolute atomic E-state index is 0.172. The summed E-state index contributed by atoms with van der Waals surface area (Å²) in [5, 5.41) is 2.37. The molecule has 0 aliphatic rings. The molecule has 0 radical (unpaired) electrons. The Kier molecular flexibility index (Phi) is 3.61. The Bertz CT molecular complexity index is 378. The molecule has 1 rings (SSSR count). The standard InChI is InChI=1S/C9H10N2O4/c1-14-8(12)6-5-10-4-3-7(6)11-9(13)15-2/h3-5H,1-2H3,(H,10,11,13). The van der Waals surface area contributed by atoms with Gasteiger partial charge in [-0.1, -0.05) is 0 Å². The number of rotatable bonds is 2. The van der Waals surface area contributed by atoms with Crippen molar-refractivity contribution >= 4 is 17.7 Å². The van der Waals surface area contributed by atoms with E-state index in [0.29, 0.717) is 5.69 Å². The van der Waals surface area contributed by atoms with Crippen molar-refractivity contribution in [3.8, 4) is 0 Å². The highest BCUT2D eigenvalue weighted by molar-refractivity contribution is 5.99. The molecule has 0 unspecified atom stereocenters. The molecule has 0 bridgehead atoms. The molecule has 6 nitrogen and oxygen atoms in total. The maximum atomic E-state index is 11.2. The first-order chi connectivity index (χ1) is 7.19. The van der Waals surface area contributed by atoms with Gasteiger partial charge >= 0.3 is 12.1 Å². The van der Waals surface area contributed by atoms with Gasteiger partial charge in [-0.05, 0) is 6.07 Å². The van der Waals surface area contributed by atoms with Crippen LogP contribution >= 0.6 is 0 Å². The number of carbonyl (C=O) groups is 2. The smallest absolute Gasteiger partial charge is 0.411 e. The first kappa shape index (κ1) is 11.0. The Labute approximate surface area is 86.2 Å². The van der Waals surface area contributed by atoms with Crippen molar-refractivity contribution in [2.75, 3.05) is 19.5 Å². The third-order valence-corrected chi connectivity index (χ3v) is 1.65. The van der Waals surface area contributed by atoms with E-state index in [1.165, 1.54) is 32.7 Å². The van der Waals surface area contributed by atoms with Gasteiger partial charge in [0.2, 0.25) is 0 Å². The molecule has 1 N–H and O–H groups in total. The Morgan fingerprint density at radius 1 is 1.33 bits per heavy atom. The monoisotopic (exact) mass is 210 g/mol. The van der Waals surface area contributed by atoms with E-state index in [9.17, 15) is 9.59 Å². The van der Waals surface area contributed by atoms with Crippen molar-refractivity contribution in [3.63, 3.8) is 0 Å². The number of hydrogen-bond acceptors (Lipinski definition) is 5. The molecule has 0 atom stereocenters. The van der Waals surface area contributed by atoms with Crippen molar-refractivity contribution < 1.29 is 19.1 Å². The van der Waals surface area contributed by atoms with Crippen molar-refractivity contribution in [1.29, 1.82) is 0 Å². The van der Waals surface area contributed by atoms with Crippen LogP contribution in [0.2, 0.25) is 0 Å². The Hall–Kier alpha value is -2.11. The predicted molar refractivity (Wildman–Crippen MR) is 51.6 cm³/mol. The molecule has 0 saturated carbocycles. The molecule has 0 fully saturated rings. The van der Waals surface area contributed by atoms with Crippen molar-refractivity contribution in [2.45, 2.75) is 0 Å². The molecule has 15 heavy (non-hydrogen) atoms. The van der Waals surface area contributed by atoms with Crippen LogP contribution in [-0.2, 0) is 9.47 Å². The maximum Gasteiger partial charge on any atom is 0.411 e. The van der Waals surface area contributed by atoms with Crippen LogP contribution in [0, 0.1) is 0 Å². The van der Waals surface area contributed by atoms with E-state index in [4.69, 9.17) is 0 Å². The average molecular weight is 210 g/mol. The second-order valence-electron chi connectivity index (χ2n) is 2.53. The van der Waals surface area contributed by atoms with Crippen LogP contribution in [0.3, 0.4) is 0 Å². The van der Waals surface area contributed by atoms with Gasteiger partial charge in [-0.3, -0.25) is 10.3 Å². The van der Waals surface area contributed by atoms with Crippen LogP contribution in [0.1, 0.15) is 10.4 Å². The van der Waals surface area contributed by atoms with Crippen LogP contribution in [0.25, 0.3) is 0 Å². The summed E-state index contributed by atoms with van der Waals surface area (Å²) in [6.07, 6.45) is 2.08. The number of aromatic nitrogens is 1. The number of anilines is 1. The fourth-order valence-corrected chi connectivity index (χ4v) is 0.937. The normalized spacial score (nSPS) is 9.20. The van der Waals surface area contributed by atoms with Crippen molar-refractivity contribution in [1.82, 2.24) is 4.98 Å². The van der Waals surface area contributed by atoms with Gasteiger partial charge in [0.05, 0.1) is 19.9 Å². The third-order valence-electron chi connectivity index (χ3n) is 1.65. The number of esters is 1. The molecule has 0 spiro atoms. The Morgan fingerprint density at radius 2 is 2.07 bits per heavy atom. The molecule has 80 valence electrons. The number of ether oxygens (including phenoxy) is 2. The number of methoxy groups -OCH3 is 2. The number of nitrogens with zero attached hydrogens (tertiary/aromatic N) is 1. The molecule has 1 aromatic heterocycles. The third kappa shape index (κ3) is 2.67. The lowest BCUT2D eigenvalue weighted by Crippen LogP contribution is -2.15. The van der Waals surface area contributed by atoms with Crippen molar-refractivity contribution in [2.24, 2.45) is 0 Å². The minimum Gasteiger partial charge on any atom is -0.465 e. The van der Waals surface area contributed by atoms with Gasteiger partial charge in [0, 0.05) is 12.4 Å². The summed E-state index contributed by atoms with van der Waals surface area (Å²) >= 11 is 0. The average Bonchev–Trinajstić information content (AvgIpc) is 2.28. The lowest BCUT2D eigenvalue weighted by Gasteiger charge is -2.07. The first-order valence-corrected chi connectivity index (χ1v) is 4.06. The summed E-state index contributed by atoms with van der Waals surface area (Å²) in [5.41, 5.74) is 0.467. The highest BCUT2D eigenvalue weighted by atomic mass is 16.5. The zero-order valence-electron chi connectivity index (χ0n) is 8.31. The molecule has 0 saturated heterocycles. The summed E-state index contributed by atoms with van der Waals surface area (Å²) in [4.78, 5) is 25.9. The second kappa shape index (κ2) is 4.94. The maximum absolute atomic E-state index is 11.2. The van der Waals surface area contributed by atoms with Gasteiger partial charge in [0.15, 0.2) is 0 Å². The number of amides is 1. The van der Waals surface area contributed by atoms with E-state index in [-0.39, 0.29) is 5.56 Å². The topological polar surface area (TPSA) is 77.5 Å². The fraction of sp³-hybridized carbons (Fsp3) is 0.222. The number of carbonyl (C=O) groups excluding carboxylic acids is 2. The van der Waals surface area contributed by atoms with E-state index in [1.54, 1.807) is 0 Å². The number of hydrogen-bond donors (Lipinski definition) is 1. The predicted octanol–water partition coefficient (Wildman–Crippen LogP) is 1.05. The van der Waals surface area contributed by atoms with E-state index >= 15 is 0 Å². The molecule has 0 aliphatic carbocycles. The molecule has 0 aliphatic heterocycles. The van der Waals surface area contributed by atoms with Crippen LogP contribution in [-0.4, -0.2) is 31.3 Å². The van der Waals surface area contributed by atoms with E-state index in [1.807, 2.05) is 0 Å². The summed E-state index contributed by atoms with van der Waals surface area (Å²) in [6.45, 7) is 0. The number of nitrogens with one attached hydrogen (secondary N) is 1. The van der Waals surface area contributed by atoms with Gasteiger partial charge in [-0.15, -0.1) is 0 Å². The summed E-state index contributed by atoms with van der Waals surface area (Å²) in [7, 11) is 2.48.